The van der Waals surface area contributed by atoms with E-state index in [1.807, 2.05) is 37.3 Å². The van der Waals surface area contributed by atoms with Crippen LogP contribution in [0.15, 0.2) is 46.9 Å². The van der Waals surface area contributed by atoms with Crippen LogP contribution in [0.4, 0.5) is 5.69 Å². The van der Waals surface area contributed by atoms with Crippen molar-refractivity contribution in [1.82, 2.24) is 0 Å². The van der Waals surface area contributed by atoms with Crippen LogP contribution in [0.2, 0.25) is 0 Å². The highest BCUT2D eigenvalue weighted by Gasteiger charge is 2.08. The predicted octanol–water partition coefficient (Wildman–Crippen LogP) is 3.89. The number of nitrogens with one attached hydrogen (secondary N) is 1. The summed E-state index contributed by atoms with van der Waals surface area (Å²) in [6, 6.07) is 12.9. The van der Waals surface area contributed by atoms with Crippen molar-refractivity contribution in [2.45, 2.75) is 12.7 Å². The first-order chi connectivity index (χ1) is 9.95. The Kier molecular flexibility index (Phi) is 5.31. The molecule has 110 valence electrons. The van der Waals surface area contributed by atoms with Crippen LogP contribution in [-0.2, 0) is 16.6 Å². The third-order valence-corrected chi connectivity index (χ3v) is 4.60. The zero-order valence-electron chi connectivity index (χ0n) is 11.9. The van der Waals surface area contributed by atoms with Crippen LogP contribution in [0.1, 0.15) is 21.5 Å². The van der Waals surface area contributed by atoms with E-state index in [9.17, 15) is 9.00 Å². The van der Waals surface area contributed by atoms with Gasteiger partial charge in [0, 0.05) is 38.5 Å². The Bertz CT molecular complexity index is 700. The topological polar surface area (TPSA) is 46.2 Å². The number of halogens is 1. The number of carbonyl (C=O) groups is 1. The van der Waals surface area contributed by atoms with Gasteiger partial charge in [-0.3, -0.25) is 9.00 Å². The van der Waals surface area contributed by atoms with Crippen molar-refractivity contribution < 1.29 is 9.00 Å². The monoisotopic (exact) mass is 365 g/mol. The number of hydrogen-bond acceptors (Lipinski definition) is 2. The zero-order chi connectivity index (χ0) is 15.4. The maximum Gasteiger partial charge on any atom is 0.255 e. The molecule has 0 aliphatic heterocycles. The average Bonchev–Trinajstić information content (AvgIpc) is 2.42. The largest absolute Gasteiger partial charge is 0.322 e. The van der Waals surface area contributed by atoms with Gasteiger partial charge in [-0.05, 0) is 48.4 Å². The van der Waals surface area contributed by atoms with Crippen LogP contribution >= 0.6 is 15.9 Å². The molecule has 1 amide bonds. The van der Waals surface area contributed by atoms with Gasteiger partial charge in [-0.25, -0.2) is 0 Å². The molecule has 0 aliphatic rings. The minimum Gasteiger partial charge on any atom is -0.322 e. The molecule has 5 heteroatoms. The lowest BCUT2D eigenvalue weighted by molar-refractivity contribution is 0.102. The smallest absolute Gasteiger partial charge is 0.255 e. The molecule has 0 radical (unpaired) electrons. The van der Waals surface area contributed by atoms with Crippen molar-refractivity contribution in [2.75, 3.05) is 11.6 Å². The van der Waals surface area contributed by atoms with E-state index in [4.69, 9.17) is 0 Å². The van der Waals surface area contributed by atoms with E-state index < -0.39 is 10.8 Å². The van der Waals surface area contributed by atoms with Gasteiger partial charge in [-0.15, -0.1) is 0 Å². The summed E-state index contributed by atoms with van der Waals surface area (Å²) in [4.78, 5) is 12.2. The summed E-state index contributed by atoms with van der Waals surface area (Å²) >= 11 is 3.43. The molecule has 2 aromatic rings. The van der Waals surface area contributed by atoms with Crippen molar-refractivity contribution >= 4 is 38.3 Å². The van der Waals surface area contributed by atoms with Crippen LogP contribution in [0, 0.1) is 6.92 Å². The Balaban J connectivity index is 2.16. The van der Waals surface area contributed by atoms with Gasteiger partial charge in [0.15, 0.2) is 0 Å². The highest BCUT2D eigenvalue weighted by molar-refractivity contribution is 9.10. The second-order valence-corrected chi connectivity index (χ2v) is 7.13. The fourth-order valence-corrected chi connectivity index (χ4v) is 2.86. The molecule has 0 aliphatic carbocycles. The molecule has 0 saturated carbocycles. The van der Waals surface area contributed by atoms with Gasteiger partial charge in [-0.1, -0.05) is 28.1 Å². The van der Waals surface area contributed by atoms with Crippen molar-refractivity contribution in [1.29, 1.82) is 0 Å². The summed E-state index contributed by atoms with van der Waals surface area (Å²) in [5.41, 5.74) is 3.28. The average molecular weight is 366 g/mol. The maximum atomic E-state index is 12.2. The molecule has 1 atom stereocenters. The molecule has 2 rings (SSSR count). The Morgan fingerprint density at radius 1 is 1.24 bits per heavy atom. The van der Waals surface area contributed by atoms with Crippen molar-refractivity contribution in [3.63, 3.8) is 0 Å². The molecule has 0 bridgehead atoms. The molecular weight excluding hydrogens is 350 g/mol. The van der Waals surface area contributed by atoms with Crippen molar-refractivity contribution in [3.05, 3.63) is 63.6 Å². The lowest BCUT2D eigenvalue weighted by Crippen LogP contribution is -2.12. The number of rotatable bonds is 4. The van der Waals surface area contributed by atoms with Gasteiger partial charge in [0.05, 0.1) is 0 Å². The van der Waals surface area contributed by atoms with Crippen molar-refractivity contribution in [3.8, 4) is 0 Å². The Morgan fingerprint density at radius 3 is 2.67 bits per heavy atom. The summed E-state index contributed by atoms with van der Waals surface area (Å²) in [5, 5.41) is 2.87. The van der Waals surface area contributed by atoms with Gasteiger partial charge in [0.25, 0.3) is 5.91 Å². The van der Waals surface area contributed by atoms with Gasteiger partial charge >= 0.3 is 0 Å². The molecule has 1 N–H and O–H groups in total. The highest BCUT2D eigenvalue weighted by Crippen LogP contribution is 2.20. The fraction of sp³-hybridized carbons (Fsp3) is 0.188. The van der Waals surface area contributed by atoms with Crippen LogP contribution in [-0.4, -0.2) is 16.4 Å². The van der Waals surface area contributed by atoms with E-state index in [0.717, 1.165) is 21.3 Å². The lowest BCUT2D eigenvalue weighted by atomic mass is 10.1. The molecule has 0 fully saturated rings. The van der Waals surface area contributed by atoms with E-state index in [0.29, 0.717) is 11.3 Å². The molecule has 2 aromatic carbocycles. The van der Waals surface area contributed by atoms with Gasteiger partial charge in [-0.2, -0.15) is 0 Å². The lowest BCUT2D eigenvalue weighted by Gasteiger charge is -2.08. The van der Waals surface area contributed by atoms with E-state index >= 15 is 0 Å². The number of anilines is 1. The van der Waals surface area contributed by atoms with Crippen LogP contribution in [0.3, 0.4) is 0 Å². The molecule has 3 nitrogen and oxygen atoms in total. The molecule has 21 heavy (non-hydrogen) atoms. The van der Waals surface area contributed by atoms with E-state index in [1.165, 1.54) is 0 Å². The van der Waals surface area contributed by atoms with Crippen LogP contribution in [0.25, 0.3) is 0 Å². The Hall–Kier alpha value is -1.46. The highest BCUT2D eigenvalue weighted by atomic mass is 79.9. The number of hydrogen-bond donors (Lipinski definition) is 1. The fourth-order valence-electron chi connectivity index (χ4n) is 1.96. The Labute approximate surface area is 135 Å². The number of carbonyl (C=O) groups excluding carboxylic acids is 1. The van der Waals surface area contributed by atoms with E-state index in [2.05, 4.69) is 21.2 Å². The standard InChI is InChI=1S/C16H16BrNO2S/c1-11-8-14(6-7-15(11)17)18-16(19)13-5-3-4-12(9-13)10-21(2)20/h3-9H,10H2,1-2H3,(H,18,19). The quantitative estimate of drug-likeness (QED) is 0.893. The molecule has 0 spiro atoms. The second-order valence-electron chi connectivity index (χ2n) is 4.84. The summed E-state index contributed by atoms with van der Waals surface area (Å²) < 4.78 is 12.3. The van der Waals surface area contributed by atoms with Crippen LogP contribution in [0.5, 0.6) is 0 Å². The summed E-state index contributed by atoms with van der Waals surface area (Å²) in [7, 11) is -0.919. The minimum absolute atomic E-state index is 0.166. The van der Waals surface area contributed by atoms with Gasteiger partial charge in [0.1, 0.15) is 0 Å². The third-order valence-electron chi connectivity index (χ3n) is 2.97. The van der Waals surface area contributed by atoms with Crippen molar-refractivity contribution in [2.24, 2.45) is 0 Å². The van der Waals surface area contributed by atoms with E-state index in [-0.39, 0.29) is 5.91 Å². The first-order valence-corrected chi connectivity index (χ1v) is 8.94. The zero-order valence-corrected chi connectivity index (χ0v) is 14.3. The first kappa shape index (κ1) is 15.9. The molecule has 0 aromatic heterocycles. The predicted molar refractivity (Wildman–Crippen MR) is 91.0 cm³/mol. The number of benzene rings is 2. The molecular formula is C16H16BrNO2S. The second kappa shape index (κ2) is 7.00. The molecule has 0 saturated heterocycles. The maximum absolute atomic E-state index is 12.2. The SMILES string of the molecule is Cc1cc(NC(=O)c2cccc(CS(C)=O)c2)ccc1Br. The normalized spacial score (nSPS) is 12.0. The molecule has 1 unspecified atom stereocenters. The Morgan fingerprint density at radius 2 is 2.00 bits per heavy atom. The van der Waals surface area contributed by atoms with E-state index in [1.54, 1.807) is 18.4 Å². The number of amides is 1. The summed E-state index contributed by atoms with van der Waals surface area (Å²) in [6.45, 7) is 1.97. The number of aryl methyl sites for hydroxylation is 1. The first-order valence-electron chi connectivity index (χ1n) is 6.42. The minimum atomic E-state index is -0.919. The molecule has 0 heterocycles. The third kappa shape index (κ3) is 4.51. The van der Waals surface area contributed by atoms with Gasteiger partial charge in [0.2, 0.25) is 0 Å². The van der Waals surface area contributed by atoms with Crippen LogP contribution < -0.4 is 5.32 Å². The summed E-state index contributed by atoms with van der Waals surface area (Å²) in [5.74, 6) is 0.291. The summed E-state index contributed by atoms with van der Waals surface area (Å²) in [6.07, 6.45) is 1.65. The van der Waals surface area contributed by atoms with Gasteiger partial charge < -0.3 is 5.32 Å².